The molecule has 0 saturated carbocycles. The van der Waals surface area contributed by atoms with Crippen LogP contribution in [0.5, 0.6) is 0 Å². The third-order valence-corrected chi connectivity index (χ3v) is 6.77. The van der Waals surface area contributed by atoms with Crippen molar-refractivity contribution in [2.24, 2.45) is 5.16 Å². The molecule has 0 unspecified atom stereocenters. The van der Waals surface area contributed by atoms with Crippen LogP contribution in [0, 0.1) is 0 Å². The van der Waals surface area contributed by atoms with E-state index in [9.17, 15) is 22.6 Å². The number of nitrogens with zero attached hydrogens (tertiary/aromatic N) is 3. The standard InChI is InChI=1S/C13H20N5O9PS2/c1-3-26-28(21,27-4-2)7-25-17-10(9-6-29-13(14)16-9)11(19)15-8-5-18(12(8)20)30(22,23)24/h6,8H,3-5,7H2,1-2H3,(H2,14,16)(H,15,19)(H,22,23,24)/b17-10-/t8-/m0/s1. The van der Waals surface area contributed by atoms with E-state index < -0.39 is 54.4 Å². The lowest BCUT2D eigenvalue weighted by Gasteiger charge is -2.35. The molecule has 1 saturated heterocycles. The van der Waals surface area contributed by atoms with Crippen molar-refractivity contribution in [2.45, 2.75) is 19.9 Å². The molecule has 0 aliphatic carbocycles. The number of anilines is 1. The number of β-lactam (4-membered cyclic amide) rings is 1. The van der Waals surface area contributed by atoms with Crippen molar-refractivity contribution in [2.75, 3.05) is 31.8 Å². The second-order valence-electron chi connectivity index (χ2n) is 5.59. The first-order chi connectivity index (χ1) is 14.0. The third kappa shape index (κ3) is 5.96. The van der Waals surface area contributed by atoms with E-state index in [0.29, 0.717) is 0 Å². The molecule has 2 amide bonds. The summed E-state index contributed by atoms with van der Waals surface area (Å²) in [5, 5.41) is 7.40. The van der Waals surface area contributed by atoms with Crippen molar-refractivity contribution in [3.05, 3.63) is 11.1 Å². The third-order valence-electron chi connectivity index (χ3n) is 3.48. The van der Waals surface area contributed by atoms with Crippen molar-refractivity contribution in [1.29, 1.82) is 0 Å². The molecule has 0 bridgehead atoms. The number of carbonyl (C=O) groups is 2. The second kappa shape index (κ2) is 9.80. The van der Waals surface area contributed by atoms with Gasteiger partial charge in [0.05, 0.1) is 19.8 Å². The summed E-state index contributed by atoms with van der Waals surface area (Å²) in [6, 6.07) is -1.21. The molecule has 4 N–H and O–H groups in total. The average molecular weight is 485 g/mol. The molecule has 0 aromatic carbocycles. The SMILES string of the molecule is CCOP(=O)(CO/N=C(\C(=O)N[C@H]1CN(S(=O)(=O)O)C1=O)c1csc(N)n1)OCC. The molecule has 1 atom stereocenters. The van der Waals surface area contributed by atoms with Crippen LogP contribution >= 0.6 is 18.9 Å². The van der Waals surface area contributed by atoms with Gasteiger partial charge in [-0.2, -0.15) is 8.42 Å². The summed E-state index contributed by atoms with van der Waals surface area (Å²) in [6.45, 7) is 2.94. The largest absolute Gasteiger partial charge is 0.382 e. The van der Waals surface area contributed by atoms with E-state index in [2.05, 4.69) is 15.5 Å². The van der Waals surface area contributed by atoms with Gasteiger partial charge in [-0.15, -0.1) is 11.3 Å². The number of hydrogen-bond acceptors (Lipinski definition) is 12. The number of amides is 2. The first kappa shape index (κ1) is 24.2. The zero-order valence-electron chi connectivity index (χ0n) is 15.9. The number of hydrogen-bond donors (Lipinski definition) is 3. The van der Waals surface area contributed by atoms with Crippen LogP contribution in [0.2, 0.25) is 0 Å². The van der Waals surface area contributed by atoms with Crippen LogP contribution in [-0.2, 0) is 38.3 Å². The normalized spacial score (nSPS) is 17.6. The van der Waals surface area contributed by atoms with Gasteiger partial charge in [0.25, 0.3) is 11.8 Å². The highest BCUT2D eigenvalue weighted by molar-refractivity contribution is 7.84. The molecule has 30 heavy (non-hydrogen) atoms. The van der Waals surface area contributed by atoms with E-state index in [1.807, 2.05) is 0 Å². The molecule has 2 rings (SSSR count). The van der Waals surface area contributed by atoms with Gasteiger partial charge in [0.15, 0.2) is 10.8 Å². The van der Waals surface area contributed by atoms with Crippen molar-refractivity contribution < 1.29 is 41.0 Å². The lowest BCUT2D eigenvalue weighted by molar-refractivity contribution is -0.139. The highest BCUT2D eigenvalue weighted by atomic mass is 32.2. The molecular formula is C13H20N5O9PS2. The van der Waals surface area contributed by atoms with Crippen molar-refractivity contribution in [3.63, 3.8) is 0 Å². The lowest BCUT2D eigenvalue weighted by atomic mass is 10.1. The minimum Gasteiger partial charge on any atom is -0.382 e. The van der Waals surface area contributed by atoms with E-state index in [-0.39, 0.29) is 28.3 Å². The highest BCUT2D eigenvalue weighted by Crippen LogP contribution is 2.47. The molecule has 1 aromatic heterocycles. The van der Waals surface area contributed by atoms with Crippen molar-refractivity contribution in [3.8, 4) is 0 Å². The predicted octanol–water partition coefficient (Wildman–Crippen LogP) is -0.201. The summed E-state index contributed by atoms with van der Waals surface area (Å²) in [6.07, 6.45) is -0.593. The molecular weight excluding hydrogens is 465 g/mol. The van der Waals surface area contributed by atoms with Gasteiger partial charge in [-0.05, 0) is 13.8 Å². The molecule has 14 nitrogen and oxygen atoms in total. The Labute approximate surface area is 175 Å². The Balaban J connectivity index is 2.14. The number of carbonyl (C=O) groups excluding carboxylic acids is 2. The Morgan fingerprint density at radius 2 is 2.10 bits per heavy atom. The van der Waals surface area contributed by atoms with E-state index in [1.54, 1.807) is 13.8 Å². The van der Waals surface area contributed by atoms with Gasteiger partial charge in [0.1, 0.15) is 11.7 Å². The van der Waals surface area contributed by atoms with Crippen LogP contribution in [0.1, 0.15) is 19.5 Å². The van der Waals surface area contributed by atoms with Gasteiger partial charge >= 0.3 is 17.9 Å². The minimum absolute atomic E-state index is 0.0102. The highest BCUT2D eigenvalue weighted by Gasteiger charge is 2.45. The van der Waals surface area contributed by atoms with Crippen LogP contribution < -0.4 is 11.1 Å². The zero-order valence-corrected chi connectivity index (χ0v) is 18.4. The van der Waals surface area contributed by atoms with Gasteiger partial charge < -0.3 is 24.9 Å². The molecule has 17 heteroatoms. The minimum atomic E-state index is -4.70. The fourth-order valence-corrected chi connectivity index (χ4v) is 4.66. The second-order valence-corrected chi connectivity index (χ2v) is 9.81. The zero-order chi connectivity index (χ0) is 22.5. The quantitative estimate of drug-likeness (QED) is 0.123. The number of nitrogens with two attached hydrogens (primary N) is 1. The maximum atomic E-state index is 12.6. The Kier molecular flexibility index (Phi) is 7.90. The monoisotopic (exact) mass is 485 g/mol. The smallest absolute Gasteiger partial charge is 0.370 e. The molecule has 2 heterocycles. The molecule has 1 aromatic rings. The Morgan fingerprint density at radius 1 is 1.47 bits per heavy atom. The predicted molar refractivity (Wildman–Crippen MR) is 105 cm³/mol. The van der Waals surface area contributed by atoms with Gasteiger partial charge in [-0.3, -0.25) is 18.7 Å². The van der Waals surface area contributed by atoms with Crippen LogP contribution in [0.4, 0.5) is 5.13 Å². The number of nitrogens with one attached hydrogen (secondary N) is 1. The first-order valence-electron chi connectivity index (χ1n) is 8.40. The number of oxime groups is 1. The topological polar surface area (TPSA) is 200 Å². The first-order valence-corrected chi connectivity index (χ1v) is 12.4. The number of thiazole rings is 1. The summed E-state index contributed by atoms with van der Waals surface area (Å²) in [5.41, 5.74) is 5.17. The fourth-order valence-electron chi connectivity index (χ4n) is 2.21. The van der Waals surface area contributed by atoms with Gasteiger partial charge in [-0.1, -0.05) is 5.16 Å². The Bertz CT molecular complexity index is 969. The Hall–Kier alpha value is -2.10. The van der Waals surface area contributed by atoms with Crippen molar-refractivity contribution >= 4 is 51.9 Å². The maximum absolute atomic E-state index is 12.6. The maximum Gasteiger partial charge on any atom is 0.370 e. The van der Waals surface area contributed by atoms with Crippen LogP contribution in [0.15, 0.2) is 10.5 Å². The Morgan fingerprint density at radius 3 is 2.57 bits per heavy atom. The summed E-state index contributed by atoms with van der Waals surface area (Å²) in [7, 11) is -8.31. The van der Waals surface area contributed by atoms with E-state index in [0.717, 1.165) is 11.3 Å². The average Bonchev–Trinajstić information content (AvgIpc) is 3.06. The van der Waals surface area contributed by atoms with Gasteiger partial charge in [-0.25, -0.2) is 9.29 Å². The fraction of sp³-hybridized carbons (Fsp3) is 0.538. The van der Waals surface area contributed by atoms with Gasteiger partial charge in [0, 0.05) is 5.38 Å². The number of rotatable bonds is 11. The number of nitrogen functional groups attached to an aromatic ring is 1. The summed E-state index contributed by atoms with van der Waals surface area (Å²) in [5.74, 6) is -1.96. The van der Waals surface area contributed by atoms with Crippen LogP contribution in [0.25, 0.3) is 0 Å². The van der Waals surface area contributed by atoms with E-state index in [1.165, 1.54) is 5.38 Å². The summed E-state index contributed by atoms with van der Waals surface area (Å²) < 4.78 is 53.5. The molecule has 1 aliphatic rings. The molecule has 0 spiro atoms. The van der Waals surface area contributed by atoms with Gasteiger partial charge in [0.2, 0.25) is 6.35 Å². The number of aromatic nitrogens is 1. The van der Waals surface area contributed by atoms with E-state index >= 15 is 0 Å². The lowest BCUT2D eigenvalue weighted by Crippen LogP contribution is -2.65. The summed E-state index contributed by atoms with van der Waals surface area (Å²) in [4.78, 5) is 33.2. The van der Waals surface area contributed by atoms with E-state index in [4.69, 9.17) is 24.2 Å². The molecule has 1 aliphatic heterocycles. The molecule has 168 valence electrons. The van der Waals surface area contributed by atoms with Crippen LogP contribution in [-0.4, -0.2) is 71.9 Å². The molecule has 0 radical (unpaired) electrons. The molecule has 1 fully saturated rings. The van der Waals surface area contributed by atoms with Crippen LogP contribution in [0.3, 0.4) is 0 Å². The summed E-state index contributed by atoms with van der Waals surface area (Å²) >= 11 is 1.01. The van der Waals surface area contributed by atoms with Crippen molar-refractivity contribution in [1.82, 2.24) is 14.6 Å².